The van der Waals surface area contributed by atoms with E-state index in [2.05, 4.69) is 4.74 Å². The third kappa shape index (κ3) is 4.55. The molecular formula is C13H19NO4S. The molecule has 0 radical (unpaired) electrons. The molecule has 5 nitrogen and oxygen atoms in total. The predicted octanol–water partition coefficient (Wildman–Crippen LogP) is 1.71. The highest BCUT2D eigenvalue weighted by Gasteiger charge is 2.18. The van der Waals surface area contributed by atoms with Gasteiger partial charge in [0, 0.05) is 13.5 Å². The van der Waals surface area contributed by atoms with Gasteiger partial charge in [0.2, 0.25) is 10.0 Å². The fourth-order valence-electron chi connectivity index (χ4n) is 1.62. The lowest BCUT2D eigenvalue weighted by Gasteiger charge is -2.19. The first-order chi connectivity index (χ1) is 8.86. The summed E-state index contributed by atoms with van der Waals surface area (Å²) >= 11 is 0. The summed E-state index contributed by atoms with van der Waals surface area (Å²) in [5.41, 5.74) is 1.62. The predicted molar refractivity (Wildman–Crippen MR) is 74.6 cm³/mol. The number of hydrogen-bond acceptors (Lipinski definition) is 4. The van der Waals surface area contributed by atoms with E-state index in [0.717, 1.165) is 5.56 Å². The normalized spacial score (nSPS) is 11.1. The van der Waals surface area contributed by atoms with E-state index in [-0.39, 0.29) is 18.6 Å². The van der Waals surface area contributed by atoms with E-state index in [1.807, 2.05) is 19.1 Å². The molecule has 0 aliphatic carbocycles. The van der Waals surface area contributed by atoms with E-state index < -0.39 is 16.0 Å². The molecule has 0 heterocycles. The number of methoxy groups -OCH3 is 1. The number of nitrogens with zero attached hydrogens (tertiary/aromatic N) is 1. The van der Waals surface area contributed by atoms with Gasteiger partial charge in [-0.25, -0.2) is 8.42 Å². The summed E-state index contributed by atoms with van der Waals surface area (Å²) in [5, 5.41) is 0. The van der Waals surface area contributed by atoms with Crippen LogP contribution in [0.25, 0.3) is 0 Å². The van der Waals surface area contributed by atoms with Gasteiger partial charge in [-0.3, -0.25) is 9.10 Å². The van der Waals surface area contributed by atoms with Gasteiger partial charge in [0.15, 0.2) is 0 Å². The molecule has 0 aliphatic rings. The highest BCUT2D eigenvalue weighted by molar-refractivity contribution is 7.92. The number of aryl methyl sites for hydroxylation is 1. The van der Waals surface area contributed by atoms with Gasteiger partial charge in [-0.15, -0.1) is 0 Å². The van der Waals surface area contributed by atoms with Gasteiger partial charge in [-0.2, -0.15) is 0 Å². The minimum absolute atomic E-state index is 0.0768. The third-order valence-electron chi connectivity index (χ3n) is 2.79. The lowest BCUT2D eigenvalue weighted by Crippen LogP contribution is -2.29. The molecule has 0 N–H and O–H groups in total. The topological polar surface area (TPSA) is 63.7 Å². The number of rotatable bonds is 6. The lowest BCUT2D eigenvalue weighted by atomic mass is 10.2. The molecule has 6 heteroatoms. The summed E-state index contributed by atoms with van der Waals surface area (Å²) in [6, 6.07) is 7.26. The zero-order valence-electron chi connectivity index (χ0n) is 11.4. The molecule has 0 unspecified atom stereocenters. The van der Waals surface area contributed by atoms with E-state index in [4.69, 9.17) is 0 Å². The van der Waals surface area contributed by atoms with Gasteiger partial charge in [-0.05, 0) is 31.0 Å². The van der Waals surface area contributed by atoms with E-state index in [9.17, 15) is 13.2 Å². The molecule has 1 aromatic carbocycles. The zero-order valence-corrected chi connectivity index (χ0v) is 12.2. The van der Waals surface area contributed by atoms with Gasteiger partial charge in [0.1, 0.15) is 0 Å². The van der Waals surface area contributed by atoms with Crippen molar-refractivity contribution in [2.75, 3.05) is 24.2 Å². The quantitative estimate of drug-likeness (QED) is 0.746. The monoisotopic (exact) mass is 285 g/mol. The fourth-order valence-corrected chi connectivity index (χ4v) is 2.84. The Labute approximate surface area is 114 Å². The average Bonchev–Trinajstić information content (AvgIpc) is 2.37. The Morgan fingerprint density at radius 1 is 1.37 bits per heavy atom. The van der Waals surface area contributed by atoms with Gasteiger partial charge >= 0.3 is 5.97 Å². The Morgan fingerprint density at radius 2 is 2.05 bits per heavy atom. The number of carbonyl (C=O) groups excluding carboxylic acids is 1. The fraction of sp³-hybridized carbons (Fsp3) is 0.462. The van der Waals surface area contributed by atoms with Gasteiger partial charge in [0.05, 0.1) is 18.6 Å². The number of carbonyl (C=O) groups is 1. The highest BCUT2D eigenvalue weighted by Crippen LogP contribution is 2.18. The van der Waals surface area contributed by atoms with Crippen LogP contribution < -0.4 is 4.31 Å². The summed E-state index contributed by atoms with van der Waals surface area (Å²) in [6.07, 6.45) is 0.364. The molecule has 106 valence electrons. The van der Waals surface area contributed by atoms with E-state index in [1.165, 1.54) is 18.5 Å². The van der Waals surface area contributed by atoms with Crippen molar-refractivity contribution in [2.45, 2.75) is 19.8 Å². The van der Waals surface area contributed by atoms with Crippen LogP contribution in [0, 0.1) is 6.92 Å². The standard InChI is InChI=1S/C13H19NO4S/c1-11-6-4-7-12(10-11)14(2)19(16,17)9-5-8-13(15)18-3/h4,6-7,10H,5,8-9H2,1-3H3. The molecule has 19 heavy (non-hydrogen) atoms. The zero-order chi connectivity index (χ0) is 14.5. The molecule has 0 saturated carbocycles. The first-order valence-corrected chi connectivity index (χ1v) is 7.58. The molecule has 0 atom stereocenters. The Morgan fingerprint density at radius 3 is 2.63 bits per heavy atom. The SMILES string of the molecule is COC(=O)CCCS(=O)(=O)N(C)c1cccc(C)c1. The molecule has 0 saturated heterocycles. The van der Waals surface area contributed by atoms with Gasteiger partial charge in [0.25, 0.3) is 0 Å². The minimum atomic E-state index is -3.41. The van der Waals surface area contributed by atoms with E-state index in [0.29, 0.717) is 5.69 Å². The van der Waals surface area contributed by atoms with Crippen LogP contribution in [0.2, 0.25) is 0 Å². The Kier molecular flexibility index (Phi) is 5.35. The number of ether oxygens (including phenoxy) is 1. The number of benzene rings is 1. The Balaban J connectivity index is 2.69. The number of hydrogen-bond donors (Lipinski definition) is 0. The van der Waals surface area contributed by atoms with E-state index >= 15 is 0 Å². The van der Waals surface area contributed by atoms with Gasteiger partial charge in [-0.1, -0.05) is 12.1 Å². The molecular weight excluding hydrogens is 266 g/mol. The maximum atomic E-state index is 12.1. The maximum absolute atomic E-state index is 12.1. The van der Waals surface area contributed by atoms with Crippen molar-refractivity contribution in [1.29, 1.82) is 0 Å². The second-order valence-corrected chi connectivity index (χ2v) is 6.42. The van der Waals surface area contributed by atoms with Crippen LogP contribution in [0.3, 0.4) is 0 Å². The second-order valence-electron chi connectivity index (χ2n) is 4.30. The van der Waals surface area contributed by atoms with Crippen molar-refractivity contribution < 1.29 is 17.9 Å². The first kappa shape index (κ1) is 15.5. The summed E-state index contributed by atoms with van der Waals surface area (Å²) in [5.74, 6) is -0.472. The van der Waals surface area contributed by atoms with Crippen LogP contribution in [0.15, 0.2) is 24.3 Å². The number of anilines is 1. The van der Waals surface area contributed by atoms with Gasteiger partial charge < -0.3 is 4.74 Å². The summed E-state index contributed by atoms with van der Waals surface area (Å²) in [6.45, 7) is 1.90. The molecule has 1 rings (SSSR count). The molecule has 0 bridgehead atoms. The molecule has 0 aliphatic heterocycles. The van der Waals surface area contributed by atoms with Crippen molar-refractivity contribution in [2.24, 2.45) is 0 Å². The maximum Gasteiger partial charge on any atom is 0.305 e. The Hall–Kier alpha value is -1.56. The second kappa shape index (κ2) is 6.56. The van der Waals surface area contributed by atoms with Crippen molar-refractivity contribution in [3.05, 3.63) is 29.8 Å². The smallest absolute Gasteiger partial charge is 0.305 e. The molecule has 0 spiro atoms. The van der Waals surface area contributed by atoms with Crippen molar-refractivity contribution in [3.8, 4) is 0 Å². The third-order valence-corrected chi connectivity index (χ3v) is 4.64. The van der Waals surface area contributed by atoms with Crippen LogP contribution in [-0.2, 0) is 19.6 Å². The molecule has 0 fully saturated rings. The molecule has 1 aromatic rings. The van der Waals surface area contributed by atoms with Crippen LogP contribution >= 0.6 is 0 Å². The Bertz CT molecular complexity index is 539. The summed E-state index contributed by atoms with van der Waals surface area (Å²) in [4.78, 5) is 11.0. The van der Waals surface area contributed by atoms with Crippen molar-refractivity contribution >= 4 is 21.7 Å². The summed E-state index contributed by atoms with van der Waals surface area (Å²) < 4.78 is 29.9. The average molecular weight is 285 g/mol. The summed E-state index contributed by atoms with van der Waals surface area (Å²) in [7, 11) is -0.605. The van der Waals surface area contributed by atoms with Crippen LogP contribution in [0.1, 0.15) is 18.4 Å². The lowest BCUT2D eigenvalue weighted by molar-refractivity contribution is -0.140. The van der Waals surface area contributed by atoms with Crippen LogP contribution in [0.5, 0.6) is 0 Å². The number of sulfonamides is 1. The number of esters is 1. The van der Waals surface area contributed by atoms with E-state index in [1.54, 1.807) is 12.1 Å². The van der Waals surface area contributed by atoms with Crippen LogP contribution in [0.4, 0.5) is 5.69 Å². The first-order valence-electron chi connectivity index (χ1n) is 5.97. The van der Waals surface area contributed by atoms with Crippen molar-refractivity contribution in [3.63, 3.8) is 0 Å². The largest absolute Gasteiger partial charge is 0.469 e. The molecule has 0 aromatic heterocycles. The molecule has 0 amide bonds. The van der Waals surface area contributed by atoms with Crippen molar-refractivity contribution in [1.82, 2.24) is 0 Å². The highest BCUT2D eigenvalue weighted by atomic mass is 32.2. The minimum Gasteiger partial charge on any atom is -0.469 e. The van der Waals surface area contributed by atoms with Crippen LogP contribution in [-0.4, -0.2) is 34.3 Å².